The van der Waals surface area contributed by atoms with Crippen molar-refractivity contribution in [3.05, 3.63) is 29.3 Å². The van der Waals surface area contributed by atoms with Crippen LogP contribution in [0.15, 0.2) is 18.2 Å². The summed E-state index contributed by atoms with van der Waals surface area (Å²) in [6, 6.07) is 5.65. The number of carboxylic acid groups (broad SMARTS) is 1. The highest BCUT2D eigenvalue weighted by atomic mass is 19.3. The highest BCUT2D eigenvalue weighted by molar-refractivity contribution is 5.75. The summed E-state index contributed by atoms with van der Waals surface area (Å²) in [6.45, 7) is -3.07. The van der Waals surface area contributed by atoms with Crippen LogP contribution in [-0.2, 0) is 11.2 Å². The molecule has 19 heavy (non-hydrogen) atoms. The van der Waals surface area contributed by atoms with Crippen LogP contribution in [0, 0.1) is 11.3 Å². The summed E-state index contributed by atoms with van der Waals surface area (Å²) in [5, 5.41) is 26.8. The zero-order chi connectivity index (χ0) is 14.4. The number of carboxylic acids is 1. The lowest BCUT2D eigenvalue weighted by Gasteiger charge is -2.16. The molecule has 1 aromatic carbocycles. The summed E-state index contributed by atoms with van der Waals surface area (Å²) in [5.74, 6) is -1.74. The Balaban J connectivity index is 3.21. The predicted molar refractivity (Wildman–Crippen MR) is 59.6 cm³/mol. The second kappa shape index (κ2) is 6.66. The van der Waals surface area contributed by atoms with Crippen molar-refractivity contribution in [2.24, 2.45) is 0 Å². The Hall–Kier alpha value is -2.20. The van der Waals surface area contributed by atoms with E-state index < -0.39 is 18.7 Å². The molecule has 0 aliphatic rings. The molecule has 0 aliphatic heterocycles. The third-order valence-corrected chi connectivity index (χ3v) is 2.40. The molecule has 1 aromatic rings. The van der Waals surface area contributed by atoms with Crippen molar-refractivity contribution >= 4 is 5.97 Å². The minimum absolute atomic E-state index is 0.0110. The van der Waals surface area contributed by atoms with E-state index in [1.54, 1.807) is 0 Å². The summed E-state index contributed by atoms with van der Waals surface area (Å²) in [4.78, 5) is 10.8. The number of aliphatic carboxylic acids is 1. The fourth-order valence-corrected chi connectivity index (χ4v) is 1.63. The summed E-state index contributed by atoms with van der Waals surface area (Å²) in [6.07, 6.45) is -1.85. The predicted octanol–water partition coefficient (Wildman–Crippen LogP) is 1.86. The number of halogens is 2. The average molecular weight is 271 g/mol. The lowest BCUT2D eigenvalue weighted by Crippen LogP contribution is -2.14. The van der Waals surface area contributed by atoms with Crippen LogP contribution in [0.3, 0.4) is 0 Å². The fraction of sp³-hybridized carbons (Fsp3) is 0.333. The van der Waals surface area contributed by atoms with E-state index >= 15 is 0 Å². The highest BCUT2D eigenvalue weighted by Crippen LogP contribution is 2.29. The number of aliphatic hydroxyl groups excluding tert-OH is 1. The van der Waals surface area contributed by atoms with Gasteiger partial charge in [0.1, 0.15) is 5.75 Å². The normalized spacial score (nSPS) is 11.9. The first-order valence-corrected chi connectivity index (χ1v) is 5.31. The van der Waals surface area contributed by atoms with E-state index in [9.17, 15) is 18.7 Å². The molecule has 0 saturated carbocycles. The Morgan fingerprint density at radius 3 is 2.68 bits per heavy atom. The van der Waals surface area contributed by atoms with E-state index in [1.165, 1.54) is 18.2 Å². The van der Waals surface area contributed by atoms with E-state index in [4.69, 9.17) is 10.4 Å². The average Bonchev–Trinajstić information content (AvgIpc) is 2.35. The Morgan fingerprint density at radius 2 is 2.16 bits per heavy atom. The third-order valence-electron chi connectivity index (χ3n) is 2.40. The molecule has 0 amide bonds. The van der Waals surface area contributed by atoms with Gasteiger partial charge in [-0.3, -0.25) is 0 Å². The Bertz CT molecular complexity index is 499. The van der Waals surface area contributed by atoms with Gasteiger partial charge in [-0.1, -0.05) is 12.1 Å². The molecule has 7 heteroatoms. The fourth-order valence-electron chi connectivity index (χ4n) is 1.63. The summed E-state index contributed by atoms with van der Waals surface area (Å²) in [7, 11) is 0. The molecule has 0 bridgehead atoms. The van der Waals surface area contributed by atoms with Crippen LogP contribution in [-0.4, -0.2) is 22.8 Å². The molecule has 2 N–H and O–H groups in total. The van der Waals surface area contributed by atoms with Crippen LogP contribution in [0.5, 0.6) is 5.75 Å². The van der Waals surface area contributed by atoms with Crippen LogP contribution in [0.4, 0.5) is 8.78 Å². The number of ether oxygens (including phenoxy) is 1. The number of alkyl halides is 2. The summed E-state index contributed by atoms with van der Waals surface area (Å²) in [5.41, 5.74) is 0.0418. The number of carbonyl (C=O) groups is 1. The minimum Gasteiger partial charge on any atom is -0.479 e. The lowest BCUT2D eigenvalue weighted by molar-refractivity contribution is -0.147. The minimum atomic E-state index is -3.07. The number of hydrogen-bond donors (Lipinski definition) is 2. The molecule has 0 aliphatic carbocycles. The first-order chi connectivity index (χ1) is 8.97. The molecule has 0 saturated heterocycles. The van der Waals surface area contributed by atoms with E-state index in [-0.39, 0.29) is 29.7 Å². The van der Waals surface area contributed by atoms with E-state index in [2.05, 4.69) is 4.74 Å². The van der Waals surface area contributed by atoms with Crippen LogP contribution >= 0.6 is 0 Å². The monoisotopic (exact) mass is 271 g/mol. The Kier molecular flexibility index (Phi) is 5.21. The molecule has 1 atom stereocenters. The number of nitriles is 1. The van der Waals surface area contributed by atoms with Gasteiger partial charge in [0, 0.05) is 12.0 Å². The maximum absolute atomic E-state index is 12.2. The largest absolute Gasteiger partial charge is 0.479 e. The SMILES string of the molecule is N#CCCc1c(OC(F)F)cccc1C(O)C(=O)O. The molecule has 0 aromatic heterocycles. The number of benzene rings is 1. The van der Waals surface area contributed by atoms with Gasteiger partial charge in [0.25, 0.3) is 0 Å². The Morgan fingerprint density at radius 1 is 1.47 bits per heavy atom. The standard InChI is InChI=1S/C12H11F2NO4/c13-12(14)19-9-5-1-3-8(10(16)11(17)18)7(9)4-2-6-15/h1,3,5,10,12,16H,2,4H2,(H,17,18). The maximum Gasteiger partial charge on any atom is 0.387 e. The maximum atomic E-state index is 12.2. The quantitative estimate of drug-likeness (QED) is 0.824. The van der Waals surface area contributed by atoms with Gasteiger partial charge in [0.2, 0.25) is 0 Å². The van der Waals surface area contributed by atoms with Gasteiger partial charge in [0.05, 0.1) is 6.07 Å². The summed E-state index contributed by atoms with van der Waals surface area (Å²) < 4.78 is 28.8. The zero-order valence-electron chi connectivity index (χ0n) is 9.72. The van der Waals surface area contributed by atoms with Gasteiger partial charge >= 0.3 is 12.6 Å². The Labute approximate surface area is 107 Å². The molecule has 0 radical (unpaired) electrons. The molecule has 1 unspecified atom stereocenters. The van der Waals surface area contributed by atoms with E-state index in [0.29, 0.717) is 0 Å². The topological polar surface area (TPSA) is 90.5 Å². The lowest BCUT2D eigenvalue weighted by atomic mass is 9.97. The molecular weight excluding hydrogens is 260 g/mol. The first-order valence-electron chi connectivity index (χ1n) is 5.31. The van der Waals surface area contributed by atoms with Gasteiger partial charge in [0.15, 0.2) is 6.10 Å². The molecule has 1 rings (SSSR count). The van der Waals surface area contributed by atoms with E-state index in [1.807, 2.05) is 6.07 Å². The van der Waals surface area contributed by atoms with Crippen molar-refractivity contribution in [3.63, 3.8) is 0 Å². The molecule has 0 heterocycles. The second-order valence-electron chi connectivity index (χ2n) is 3.60. The van der Waals surface area contributed by atoms with Gasteiger partial charge in [-0.05, 0) is 18.1 Å². The second-order valence-corrected chi connectivity index (χ2v) is 3.60. The van der Waals surface area contributed by atoms with Crippen molar-refractivity contribution in [2.75, 3.05) is 0 Å². The van der Waals surface area contributed by atoms with Crippen LogP contribution in [0.1, 0.15) is 23.7 Å². The van der Waals surface area contributed by atoms with Gasteiger partial charge in [-0.2, -0.15) is 14.0 Å². The molecule has 0 spiro atoms. The number of nitrogens with zero attached hydrogens (tertiary/aromatic N) is 1. The molecule has 102 valence electrons. The first kappa shape index (κ1) is 14.9. The molecule has 5 nitrogen and oxygen atoms in total. The van der Waals surface area contributed by atoms with Crippen molar-refractivity contribution in [1.29, 1.82) is 5.26 Å². The van der Waals surface area contributed by atoms with Crippen molar-refractivity contribution in [1.82, 2.24) is 0 Å². The highest BCUT2D eigenvalue weighted by Gasteiger charge is 2.22. The van der Waals surface area contributed by atoms with Crippen molar-refractivity contribution in [2.45, 2.75) is 25.6 Å². The number of aliphatic hydroxyl groups is 1. The van der Waals surface area contributed by atoms with Crippen molar-refractivity contribution < 1.29 is 28.5 Å². The summed E-state index contributed by atoms with van der Waals surface area (Å²) >= 11 is 0. The van der Waals surface area contributed by atoms with E-state index in [0.717, 1.165) is 0 Å². The van der Waals surface area contributed by atoms with Crippen LogP contribution in [0.25, 0.3) is 0 Å². The zero-order valence-corrected chi connectivity index (χ0v) is 9.72. The molecular formula is C12H11F2NO4. The van der Waals surface area contributed by atoms with Crippen molar-refractivity contribution in [3.8, 4) is 11.8 Å². The number of rotatable bonds is 6. The van der Waals surface area contributed by atoms with Crippen LogP contribution < -0.4 is 4.74 Å². The van der Waals surface area contributed by atoms with Gasteiger partial charge in [-0.15, -0.1) is 0 Å². The number of hydrogen-bond acceptors (Lipinski definition) is 4. The van der Waals surface area contributed by atoms with Gasteiger partial charge < -0.3 is 14.9 Å². The smallest absolute Gasteiger partial charge is 0.387 e. The third kappa shape index (κ3) is 3.89. The van der Waals surface area contributed by atoms with Crippen LogP contribution in [0.2, 0.25) is 0 Å². The molecule has 0 fully saturated rings. The van der Waals surface area contributed by atoms with Gasteiger partial charge in [-0.25, -0.2) is 4.79 Å².